The van der Waals surface area contributed by atoms with Crippen molar-refractivity contribution in [2.24, 2.45) is 0 Å². The first-order valence-electron chi connectivity index (χ1n) is 10.1. The van der Waals surface area contributed by atoms with E-state index in [-0.39, 0.29) is 14.5 Å². The summed E-state index contributed by atoms with van der Waals surface area (Å²) in [4.78, 5) is 7.06. The normalized spacial score (nSPS) is 13.0. The predicted molar refractivity (Wildman–Crippen MR) is 141 cm³/mol. The van der Waals surface area contributed by atoms with E-state index in [4.69, 9.17) is 11.6 Å². The topological polar surface area (TPSA) is 39.9 Å². The van der Waals surface area contributed by atoms with Crippen molar-refractivity contribution in [1.29, 1.82) is 5.26 Å². The zero-order valence-corrected chi connectivity index (χ0v) is 22.0. The van der Waals surface area contributed by atoms with Crippen molar-refractivity contribution in [3.8, 4) is 6.07 Å². The van der Waals surface area contributed by atoms with Gasteiger partial charge in [0.25, 0.3) is 0 Å². The van der Waals surface area contributed by atoms with Crippen LogP contribution in [0.3, 0.4) is 0 Å². The minimum absolute atomic E-state index is 0.0760. The summed E-state index contributed by atoms with van der Waals surface area (Å²) in [5.41, 5.74) is 4.00. The number of aromatic nitrogens is 1. The van der Waals surface area contributed by atoms with Crippen molar-refractivity contribution in [1.82, 2.24) is 4.98 Å². The molecule has 0 radical (unpaired) electrons. The molecule has 3 heterocycles. The van der Waals surface area contributed by atoms with Gasteiger partial charge in [-0.3, -0.25) is 0 Å². The van der Waals surface area contributed by atoms with Crippen molar-refractivity contribution < 1.29 is 0 Å². The van der Waals surface area contributed by atoms with Gasteiger partial charge < -0.3 is 0 Å². The summed E-state index contributed by atoms with van der Waals surface area (Å²) in [7, 11) is 0. The Morgan fingerprint density at radius 1 is 0.970 bits per heavy atom. The number of halogens is 1. The summed E-state index contributed by atoms with van der Waals surface area (Å²) in [5.74, 6) is 0. The van der Waals surface area contributed by atoms with Crippen molar-refractivity contribution in [2.75, 3.05) is 4.90 Å². The standard InChI is InChI=1S/C26H14ClN3SSe2/c27-17-9-11-19-22(14-17)31-26(29-19)16(15-28)13-18-10-12-25(32-18)30-20-5-1-3-7-23(20)33-24-8-4-2-6-21(24)30/h1-14H/b16-13+. The molecule has 0 saturated heterocycles. The van der Waals surface area contributed by atoms with Crippen LogP contribution in [0.2, 0.25) is 5.02 Å². The van der Waals surface area contributed by atoms with Crippen LogP contribution in [-0.2, 0) is 0 Å². The van der Waals surface area contributed by atoms with Crippen LogP contribution in [0.1, 0.15) is 9.44 Å². The molecule has 0 spiro atoms. The Morgan fingerprint density at radius 3 is 2.42 bits per heavy atom. The fourth-order valence-electron chi connectivity index (χ4n) is 3.78. The van der Waals surface area contributed by atoms with E-state index in [0.717, 1.165) is 19.7 Å². The zero-order valence-electron chi connectivity index (χ0n) is 17.0. The van der Waals surface area contributed by atoms with Gasteiger partial charge in [-0.15, -0.1) is 0 Å². The first kappa shape index (κ1) is 21.0. The molecule has 0 amide bonds. The second-order valence-corrected chi connectivity index (χ2v) is 13.4. The van der Waals surface area contributed by atoms with Crippen LogP contribution in [0.5, 0.6) is 0 Å². The van der Waals surface area contributed by atoms with E-state index in [1.165, 1.54) is 36.2 Å². The molecule has 6 rings (SSSR count). The summed E-state index contributed by atoms with van der Waals surface area (Å²) < 4.78 is 6.23. The molecule has 3 aromatic carbocycles. The van der Waals surface area contributed by atoms with Gasteiger partial charge in [0.1, 0.15) is 0 Å². The van der Waals surface area contributed by atoms with Gasteiger partial charge in [-0.2, -0.15) is 0 Å². The van der Waals surface area contributed by atoms with Crippen LogP contribution in [0.25, 0.3) is 21.9 Å². The molecule has 0 atom stereocenters. The molecule has 0 bridgehead atoms. The fraction of sp³-hybridized carbons (Fsp3) is 0. The summed E-state index contributed by atoms with van der Waals surface area (Å²) >= 11 is 8.01. The number of fused-ring (bicyclic) bond motifs is 3. The number of benzene rings is 3. The van der Waals surface area contributed by atoms with Gasteiger partial charge in [0.15, 0.2) is 0 Å². The Hall–Kier alpha value is -2.61. The average molecular weight is 594 g/mol. The Kier molecular flexibility index (Phi) is 5.48. The van der Waals surface area contributed by atoms with Crippen LogP contribution in [0.4, 0.5) is 15.9 Å². The second-order valence-electron chi connectivity index (χ2n) is 7.35. The summed E-state index contributed by atoms with van der Waals surface area (Å²) in [5, 5.41) is 11.3. The molecule has 0 N–H and O–H groups in total. The first-order valence-corrected chi connectivity index (χ1v) is 14.8. The van der Waals surface area contributed by atoms with E-state index >= 15 is 0 Å². The molecule has 7 heteroatoms. The van der Waals surface area contributed by atoms with Crippen LogP contribution in [0, 0.1) is 11.3 Å². The summed E-state index contributed by atoms with van der Waals surface area (Å²) in [6.45, 7) is 0. The second kappa shape index (κ2) is 8.63. The van der Waals surface area contributed by atoms with Crippen molar-refractivity contribution in [2.45, 2.75) is 0 Å². The molecule has 1 aliphatic heterocycles. The Bertz CT molecular complexity index is 1550. The van der Waals surface area contributed by atoms with E-state index < -0.39 is 0 Å². The Labute approximate surface area is 212 Å². The molecule has 5 aromatic rings. The molecule has 0 saturated carbocycles. The molecule has 2 aromatic heterocycles. The van der Waals surface area contributed by atoms with Crippen LogP contribution in [0.15, 0.2) is 78.9 Å². The average Bonchev–Trinajstić information content (AvgIpc) is 3.47. The van der Waals surface area contributed by atoms with Crippen LogP contribution in [-0.4, -0.2) is 34.4 Å². The molecule has 1 aliphatic rings. The number of hydrogen-bond donors (Lipinski definition) is 0. The van der Waals surface area contributed by atoms with Gasteiger partial charge in [0.2, 0.25) is 0 Å². The number of hydrogen-bond acceptors (Lipinski definition) is 4. The molecule has 0 unspecified atom stereocenters. The van der Waals surface area contributed by atoms with E-state index in [2.05, 4.69) is 76.6 Å². The minimum atomic E-state index is 0.0760. The summed E-state index contributed by atoms with van der Waals surface area (Å²) in [6.07, 6.45) is 1.99. The quantitative estimate of drug-likeness (QED) is 0.201. The van der Waals surface area contributed by atoms with E-state index in [9.17, 15) is 5.26 Å². The van der Waals surface area contributed by atoms with Crippen LogP contribution >= 0.6 is 22.9 Å². The van der Waals surface area contributed by atoms with Gasteiger partial charge in [0.05, 0.1) is 0 Å². The van der Waals surface area contributed by atoms with Crippen molar-refractivity contribution in [3.63, 3.8) is 0 Å². The Morgan fingerprint density at radius 2 is 1.70 bits per heavy atom. The number of allylic oxidation sites excluding steroid dienone is 1. The number of nitrogens with zero attached hydrogens (tertiary/aromatic N) is 3. The van der Waals surface area contributed by atoms with E-state index in [1.807, 2.05) is 24.3 Å². The van der Waals surface area contributed by atoms with Crippen molar-refractivity contribution >= 4 is 99.1 Å². The van der Waals surface area contributed by atoms with Crippen molar-refractivity contribution in [3.05, 3.63) is 93.3 Å². The Balaban J connectivity index is 1.41. The third-order valence-corrected chi connectivity index (χ3v) is 11.0. The van der Waals surface area contributed by atoms with Gasteiger partial charge >= 0.3 is 214 Å². The SMILES string of the molecule is N#C/C(=C\c1ccc(N2c3ccccc3[Se]c3ccccc32)[se]1)c1nc2ccc(Cl)cc2s1. The van der Waals surface area contributed by atoms with Crippen LogP contribution < -0.4 is 13.8 Å². The molecule has 3 nitrogen and oxygen atoms in total. The number of nitriles is 1. The van der Waals surface area contributed by atoms with Gasteiger partial charge in [-0.1, -0.05) is 0 Å². The summed E-state index contributed by atoms with van der Waals surface area (Å²) in [6, 6.07) is 29.7. The number of thiazole rings is 1. The molecule has 0 fully saturated rings. The third-order valence-electron chi connectivity index (χ3n) is 5.25. The molecule has 33 heavy (non-hydrogen) atoms. The van der Waals surface area contributed by atoms with Gasteiger partial charge in [-0.25, -0.2) is 0 Å². The molecular formula is C26H14ClN3SSe2. The number of anilines is 3. The predicted octanol–water partition coefficient (Wildman–Crippen LogP) is 5.51. The zero-order chi connectivity index (χ0) is 22.4. The molecule has 0 aliphatic carbocycles. The van der Waals surface area contributed by atoms with E-state index in [1.54, 1.807) is 0 Å². The third kappa shape index (κ3) is 3.88. The van der Waals surface area contributed by atoms with Gasteiger partial charge in [-0.05, 0) is 0 Å². The molecule has 158 valence electrons. The number of para-hydroxylation sites is 2. The first-order chi connectivity index (χ1) is 16.2. The number of rotatable bonds is 3. The maximum atomic E-state index is 9.87. The molecular weight excluding hydrogens is 580 g/mol. The van der Waals surface area contributed by atoms with Gasteiger partial charge in [0, 0.05) is 0 Å². The van der Waals surface area contributed by atoms with E-state index in [0.29, 0.717) is 25.6 Å². The monoisotopic (exact) mass is 595 g/mol. The maximum absolute atomic E-state index is 9.87. The fourth-order valence-corrected chi connectivity index (χ4v) is 9.26.